The van der Waals surface area contributed by atoms with Gasteiger partial charge in [0.1, 0.15) is 5.69 Å². The van der Waals surface area contributed by atoms with Crippen LogP contribution in [0.3, 0.4) is 0 Å². The van der Waals surface area contributed by atoms with E-state index in [0.29, 0.717) is 11.2 Å². The number of carboxylic acid groups (broad SMARTS) is 1. The van der Waals surface area contributed by atoms with Crippen molar-refractivity contribution in [2.24, 2.45) is 0 Å². The van der Waals surface area contributed by atoms with Crippen molar-refractivity contribution in [3.63, 3.8) is 0 Å². The largest absolute Gasteiger partial charge is 0.477 e. The zero-order chi connectivity index (χ0) is 15.0. The lowest BCUT2D eigenvalue weighted by molar-refractivity contribution is -0.120. The predicted molar refractivity (Wildman–Crippen MR) is 74.2 cm³/mol. The molecule has 7 nitrogen and oxygen atoms in total. The highest BCUT2D eigenvalue weighted by molar-refractivity contribution is 6.06. The average Bonchev–Trinajstić information content (AvgIpc) is 2.46. The summed E-state index contributed by atoms with van der Waals surface area (Å²) < 4.78 is 0. The van der Waals surface area contributed by atoms with E-state index in [1.54, 1.807) is 24.3 Å². The van der Waals surface area contributed by atoms with Gasteiger partial charge >= 0.3 is 12.0 Å². The molecule has 0 unspecified atom stereocenters. The number of imide groups is 1. The van der Waals surface area contributed by atoms with Crippen LogP contribution in [0.5, 0.6) is 0 Å². The Labute approximate surface area is 119 Å². The van der Waals surface area contributed by atoms with Crippen molar-refractivity contribution in [2.45, 2.75) is 6.42 Å². The lowest BCUT2D eigenvalue weighted by atomic mass is 10.1. The van der Waals surface area contributed by atoms with Gasteiger partial charge in [0, 0.05) is 24.0 Å². The molecule has 2 N–H and O–H groups in total. The number of nitrogens with zero attached hydrogens (tertiary/aromatic N) is 2. The van der Waals surface area contributed by atoms with Crippen molar-refractivity contribution in [1.29, 1.82) is 0 Å². The highest BCUT2D eigenvalue weighted by atomic mass is 16.4. The third-order valence-corrected chi connectivity index (χ3v) is 3.26. The summed E-state index contributed by atoms with van der Waals surface area (Å²) in [5.41, 5.74) is 0.998. The fourth-order valence-electron chi connectivity index (χ4n) is 2.20. The molecule has 0 saturated carbocycles. The number of nitrogens with one attached hydrogen (secondary N) is 1. The number of hydrogen-bond acceptors (Lipinski definition) is 4. The van der Waals surface area contributed by atoms with Crippen LogP contribution < -0.4 is 10.2 Å². The Bertz CT molecular complexity index is 772. The summed E-state index contributed by atoms with van der Waals surface area (Å²) in [5.74, 6) is -1.41. The second-order valence-corrected chi connectivity index (χ2v) is 4.63. The number of aromatic nitrogens is 1. The van der Waals surface area contributed by atoms with Gasteiger partial charge in [-0.2, -0.15) is 0 Å². The maximum absolute atomic E-state index is 11.8. The van der Waals surface area contributed by atoms with E-state index in [0.717, 1.165) is 5.39 Å². The minimum absolute atomic E-state index is 0.0575. The molecule has 7 heteroatoms. The molecule has 2 aromatic rings. The smallest absolute Gasteiger partial charge is 0.354 e. The van der Waals surface area contributed by atoms with Gasteiger partial charge < -0.3 is 5.11 Å². The molecule has 0 bridgehead atoms. The van der Waals surface area contributed by atoms with Crippen LogP contribution in [0.4, 0.5) is 10.5 Å². The van der Waals surface area contributed by atoms with Crippen molar-refractivity contribution < 1.29 is 19.5 Å². The number of anilines is 1. The predicted octanol–water partition coefficient (Wildman–Crippen LogP) is 1.38. The van der Waals surface area contributed by atoms with Gasteiger partial charge in [0.2, 0.25) is 5.91 Å². The summed E-state index contributed by atoms with van der Waals surface area (Å²) in [6.07, 6.45) is 0.229. The van der Waals surface area contributed by atoms with Gasteiger partial charge in [0.15, 0.2) is 0 Å². The summed E-state index contributed by atoms with van der Waals surface area (Å²) in [6, 6.07) is 7.73. The number of carbonyl (C=O) groups is 3. The molecule has 1 aromatic carbocycles. The zero-order valence-electron chi connectivity index (χ0n) is 10.9. The minimum atomic E-state index is -1.11. The van der Waals surface area contributed by atoms with Crippen molar-refractivity contribution in [3.05, 3.63) is 36.0 Å². The number of rotatable bonds is 2. The summed E-state index contributed by atoms with van der Waals surface area (Å²) in [6.45, 7) is 0.287. The summed E-state index contributed by atoms with van der Waals surface area (Å²) in [4.78, 5) is 39.4. The third kappa shape index (κ3) is 2.40. The fourth-order valence-corrected chi connectivity index (χ4v) is 2.20. The second kappa shape index (κ2) is 4.86. The molecular weight excluding hydrogens is 274 g/mol. The maximum Gasteiger partial charge on any atom is 0.354 e. The van der Waals surface area contributed by atoms with E-state index in [1.807, 2.05) is 0 Å². The van der Waals surface area contributed by atoms with Crippen LogP contribution in [0.1, 0.15) is 16.9 Å². The first-order valence-electron chi connectivity index (χ1n) is 6.30. The molecule has 3 rings (SSSR count). The third-order valence-electron chi connectivity index (χ3n) is 3.26. The average molecular weight is 285 g/mol. The quantitative estimate of drug-likeness (QED) is 0.868. The number of aromatic carboxylic acids is 1. The molecule has 21 heavy (non-hydrogen) atoms. The Balaban J connectivity index is 2.01. The molecule has 3 amide bonds. The summed E-state index contributed by atoms with van der Waals surface area (Å²) in [7, 11) is 0. The Morgan fingerprint density at radius 3 is 2.71 bits per heavy atom. The van der Waals surface area contributed by atoms with E-state index >= 15 is 0 Å². The SMILES string of the molecule is O=C1CCN(c2ccc3ccc(C(=O)O)nc3c2)C(=O)N1. The Hall–Kier alpha value is -2.96. The number of urea groups is 1. The van der Waals surface area contributed by atoms with Crippen molar-refractivity contribution >= 4 is 34.5 Å². The topological polar surface area (TPSA) is 99.6 Å². The number of hydrogen-bond donors (Lipinski definition) is 2. The molecule has 0 atom stereocenters. The molecule has 1 aliphatic heterocycles. The van der Waals surface area contributed by atoms with E-state index in [-0.39, 0.29) is 24.6 Å². The van der Waals surface area contributed by atoms with Crippen molar-refractivity contribution in [2.75, 3.05) is 11.4 Å². The number of amides is 3. The highest BCUT2D eigenvalue weighted by Gasteiger charge is 2.24. The van der Waals surface area contributed by atoms with Crippen LogP contribution in [0, 0.1) is 0 Å². The normalized spacial score (nSPS) is 15.1. The maximum atomic E-state index is 11.8. The number of carboxylic acids is 1. The number of benzene rings is 1. The number of pyridine rings is 1. The summed E-state index contributed by atoms with van der Waals surface area (Å²) in [5, 5.41) is 12.0. The molecular formula is C14H11N3O4. The molecule has 0 aliphatic carbocycles. The van der Waals surface area contributed by atoms with Gasteiger partial charge in [0.25, 0.3) is 0 Å². The first-order valence-corrected chi connectivity index (χ1v) is 6.30. The van der Waals surface area contributed by atoms with Gasteiger partial charge in [-0.05, 0) is 18.2 Å². The van der Waals surface area contributed by atoms with E-state index in [9.17, 15) is 14.4 Å². The van der Waals surface area contributed by atoms with Crippen molar-refractivity contribution in [3.8, 4) is 0 Å². The van der Waals surface area contributed by atoms with Crippen LogP contribution in [-0.2, 0) is 4.79 Å². The molecule has 0 spiro atoms. The fraction of sp³-hybridized carbons (Fsp3) is 0.143. The van der Waals surface area contributed by atoms with Crippen LogP contribution in [0.2, 0.25) is 0 Å². The first-order chi connectivity index (χ1) is 10.0. The van der Waals surface area contributed by atoms with Crippen LogP contribution >= 0.6 is 0 Å². The van der Waals surface area contributed by atoms with E-state index in [4.69, 9.17) is 5.11 Å². The molecule has 0 radical (unpaired) electrons. The standard InChI is InChI=1S/C14H11N3O4/c18-12-5-6-17(14(21)16-12)9-3-1-8-2-4-10(13(19)20)15-11(8)7-9/h1-4,7H,5-6H2,(H,19,20)(H,16,18,21). The van der Waals surface area contributed by atoms with Gasteiger partial charge in [0.05, 0.1) is 5.52 Å². The molecule has 2 heterocycles. The monoisotopic (exact) mass is 285 g/mol. The van der Waals surface area contributed by atoms with E-state index in [1.165, 1.54) is 11.0 Å². The second-order valence-electron chi connectivity index (χ2n) is 4.63. The lowest BCUT2D eigenvalue weighted by Crippen LogP contribution is -2.49. The summed E-state index contributed by atoms with van der Waals surface area (Å²) >= 11 is 0. The molecule has 106 valence electrons. The van der Waals surface area contributed by atoms with Gasteiger partial charge in [-0.1, -0.05) is 12.1 Å². The van der Waals surface area contributed by atoms with Crippen LogP contribution in [-0.4, -0.2) is 34.5 Å². The molecule has 1 saturated heterocycles. The molecule has 1 aromatic heterocycles. The van der Waals surface area contributed by atoms with Crippen LogP contribution in [0.25, 0.3) is 10.9 Å². The van der Waals surface area contributed by atoms with E-state index in [2.05, 4.69) is 10.3 Å². The van der Waals surface area contributed by atoms with Gasteiger partial charge in [-0.3, -0.25) is 15.0 Å². The molecule has 1 aliphatic rings. The number of fused-ring (bicyclic) bond motifs is 1. The molecule has 1 fully saturated rings. The zero-order valence-corrected chi connectivity index (χ0v) is 10.9. The van der Waals surface area contributed by atoms with Crippen LogP contribution in [0.15, 0.2) is 30.3 Å². The van der Waals surface area contributed by atoms with Gasteiger partial charge in [-0.15, -0.1) is 0 Å². The highest BCUT2D eigenvalue weighted by Crippen LogP contribution is 2.22. The minimum Gasteiger partial charge on any atom is -0.477 e. The lowest BCUT2D eigenvalue weighted by Gasteiger charge is -2.26. The Morgan fingerprint density at radius 1 is 1.24 bits per heavy atom. The first kappa shape index (κ1) is 13.0. The Kier molecular flexibility index (Phi) is 3.02. The Morgan fingerprint density at radius 2 is 2.00 bits per heavy atom. The van der Waals surface area contributed by atoms with Gasteiger partial charge in [-0.25, -0.2) is 14.6 Å². The van der Waals surface area contributed by atoms with E-state index < -0.39 is 12.0 Å². The van der Waals surface area contributed by atoms with Crippen molar-refractivity contribution in [1.82, 2.24) is 10.3 Å². The number of carbonyl (C=O) groups excluding carboxylic acids is 2.